The van der Waals surface area contributed by atoms with Crippen molar-refractivity contribution < 1.29 is 19.0 Å². The van der Waals surface area contributed by atoms with Crippen LogP contribution < -0.4 is 14.8 Å². The number of hydrogen-bond acceptors (Lipinski definition) is 5. The summed E-state index contributed by atoms with van der Waals surface area (Å²) in [6, 6.07) is 13.0. The Morgan fingerprint density at radius 1 is 1.23 bits per heavy atom. The fourth-order valence-corrected chi connectivity index (χ4v) is 4.19. The molecule has 4 rings (SSSR count). The van der Waals surface area contributed by atoms with E-state index in [0.717, 1.165) is 43.0 Å². The molecule has 2 aliphatic rings. The molecule has 0 aliphatic carbocycles. The van der Waals surface area contributed by atoms with Gasteiger partial charge in [-0.15, -0.1) is 0 Å². The smallest absolute Gasteiger partial charge is 0.251 e. The summed E-state index contributed by atoms with van der Waals surface area (Å²) in [5, 5.41) is 3.60. The Balaban J connectivity index is 1.26. The van der Waals surface area contributed by atoms with Gasteiger partial charge in [0.15, 0.2) is 0 Å². The van der Waals surface area contributed by atoms with Crippen molar-refractivity contribution in [2.24, 2.45) is 0 Å². The predicted molar refractivity (Wildman–Crippen MR) is 116 cm³/mol. The second-order valence-corrected chi connectivity index (χ2v) is 8.02. The number of carbonyl (C=O) groups is 1. The van der Waals surface area contributed by atoms with E-state index in [9.17, 15) is 4.79 Å². The summed E-state index contributed by atoms with van der Waals surface area (Å²) in [5.41, 5.74) is 1.69. The molecule has 1 saturated heterocycles. The molecular formula is C23H27ClN2O4. The second-order valence-electron chi connectivity index (χ2n) is 7.58. The molecule has 1 fully saturated rings. The van der Waals surface area contributed by atoms with Gasteiger partial charge in [-0.25, -0.2) is 0 Å². The molecule has 1 amide bonds. The van der Waals surface area contributed by atoms with Crippen LogP contribution in [-0.4, -0.2) is 56.8 Å². The molecule has 2 aromatic rings. The van der Waals surface area contributed by atoms with Crippen LogP contribution in [0.25, 0.3) is 0 Å². The van der Waals surface area contributed by atoms with E-state index in [-0.39, 0.29) is 18.1 Å². The largest absolute Gasteiger partial charge is 0.497 e. The molecule has 0 unspecified atom stereocenters. The maximum absolute atomic E-state index is 12.2. The maximum atomic E-state index is 12.2. The molecule has 160 valence electrons. The first kappa shape index (κ1) is 21.0. The zero-order valence-corrected chi connectivity index (χ0v) is 17.9. The third kappa shape index (κ3) is 4.72. The number of amides is 1. The standard InChI is InChI=1S/C23H27ClN2O4/c1-28-18-8-9-21-19(14-18)22-20(15-30-21)26(12-13-29-22)11-3-2-10-25-23(27)16-4-6-17(24)7-5-16/h4-9,14,20,22H,2-3,10-13,15H2,1H3,(H,25,27)/t20-,22-/m1/s1. The number of methoxy groups -OCH3 is 1. The van der Waals surface area contributed by atoms with Gasteiger partial charge in [-0.1, -0.05) is 11.6 Å². The number of fused-ring (bicyclic) bond motifs is 3. The van der Waals surface area contributed by atoms with Crippen LogP contribution in [0.2, 0.25) is 5.02 Å². The van der Waals surface area contributed by atoms with Gasteiger partial charge < -0.3 is 19.5 Å². The van der Waals surface area contributed by atoms with Gasteiger partial charge in [-0.3, -0.25) is 9.69 Å². The average Bonchev–Trinajstić information content (AvgIpc) is 2.78. The van der Waals surface area contributed by atoms with Crippen LogP contribution >= 0.6 is 11.6 Å². The lowest BCUT2D eigenvalue weighted by Gasteiger charge is -2.44. The van der Waals surface area contributed by atoms with Crippen LogP contribution in [0.4, 0.5) is 0 Å². The van der Waals surface area contributed by atoms with Crippen molar-refractivity contribution in [3.8, 4) is 11.5 Å². The van der Waals surface area contributed by atoms with Crippen molar-refractivity contribution in [2.45, 2.75) is 25.0 Å². The maximum Gasteiger partial charge on any atom is 0.251 e. The number of nitrogens with one attached hydrogen (secondary N) is 1. The Hall–Kier alpha value is -2.28. The van der Waals surface area contributed by atoms with E-state index in [1.807, 2.05) is 18.2 Å². The minimum atomic E-state index is -0.0654. The second kappa shape index (κ2) is 9.69. The number of benzene rings is 2. The van der Waals surface area contributed by atoms with Crippen LogP contribution in [0.5, 0.6) is 11.5 Å². The fraction of sp³-hybridized carbons (Fsp3) is 0.435. The molecule has 0 radical (unpaired) electrons. The first-order valence-corrected chi connectivity index (χ1v) is 10.7. The number of ether oxygens (including phenoxy) is 3. The molecule has 6 nitrogen and oxygen atoms in total. The Bertz CT molecular complexity index is 874. The number of rotatable bonds is 7. The summed E-state index contributed by atoms with van der Waals surface area (Å²) in [5.74, 6) is 1.63. The summed E-state index contributed by atoms with van der Waals surface area (Å²) in [7, 11) is 1.67. The van der Waals surface area contributed by atoms with Crippen molar-refractivity contribution in [1.29, 1.82) is 0 Å². The normalized spacial score (nSPS) is 20.6. The number of carbonyl (C=O) groups excluding carboxylic acids is 1. The number of nitrogens with zero attached hydrogens (tertiary/aromatic N) is 1. The molecule has 7 heteroatoms. The predicted octanol–water partition coefficient (Wildman–Crippen LogP) is 3.69. The molecule has 2 heterocycles. The molecule has 30 heavy (non-hydrogen) atoms. The van der Waals surface area contributed by atoms with Crippen molar-refractivity contribution >= 4 is 17.5 Å². The van der Waals surface area contributed by atoms with Crippen molar-refractivity contribution in [3.05, 3.63) is 58.6 Å². The summed E-state index contributed by atoms with van der Waals surface area (Å²) in [4.78, 5) is 14.6. The molecule has 0 saturated carbocycles. The lowest BCUT2D eigenvalue weighted by molar-refractivity contribution is -0.0960. The number of morpholine rings is 1. The van der Waals surface area contributed by atoms with Gasteiger partial charge in [-0.05, 0) is 61.9 Å². The zero-order chi connectivity index (χ0) is 20.9. The highest BCUT2D eigenvalue weighted by Crippen LogP contribution is 2.40. The van der Waals surface area contributed by atoms with Gasteiger partial charge in [0, 0.05) is 29.2 Å². The van der Waals surface area contributed by atoms with E-state index < -0.39 is 0 Å². The Labute approximate surface area is 182 Å². The molecule has 2 aliphatic heterocycles. The van der Waals surface area contributed by atoms with Crippen molar-refractivity contribution in [1.82, 2.24) is 10.2 Å². The SMILES string of the molecule is COc1ccc2c(c1)[C@H]1OCCN(CCCCNC(=O)c3ccc(Cl)cc3)[C@@H]1CO2. The van der Waals surface area contributed by atoms with E-state index in [0.29, 0.717) is 30.3 Å². The van der Waals surface area contributed by atoms with Crippen LogP contribution in [0, 0.1) is 0 Å². The van der Waals surface area contributed by atoms with Gasteiger partial charge >= 0.3 is 0 Å². The van der Waals surface area contributed by atoms with E-state index in [1.165, 1.54) is 0 Å². The van der Waals surface area contributed by atoms with Crippen LogP contribution in [0.1, 0.15) is 34.9 Å². The van der Waals surface area contributed by atoms with Crippen LogP contribution in [0.3, 0.4) is 0 Å². The molecule has 1 N–H and O–H groups in total. The molecule has 2 atom stereocenters. The van der Waals surface area contributed by atoms with Gasteiger partial charge in [0.2, 0.25) is 0 Å². The number of halogens is 1. The average molecular weight is 431 g/mol. The van der Waals surface area contributed by atoms with Crippen molar-refractivity contribution in [3.63, 3.8) is 0 Å². The lowest BCUT2D eigenvalue weighted by atomic mass is 9.96. The third-order valence-electron chi connectivity index (χ3n) is 5.69. The minimum absolute atomic E-state index is 0.00204. The highest BCUT2D eigenvalue weighted by molar-refractivity contribution is 6.30. The fourth-order valence-electron chi connectivity index (χ4n) is 4.06. The Morgan fingerprint density at radius 3 is 2.87 bits per heavy atom. The molecule has 0 spiro atoms. The quantitative estimate of drug-likeness (QED) is 0.679. The molecule has 0 aromatic heterocycles. The molecule has 0 bridgehead atoms. The third-order valence-corrected chi connectivity index (χ3v) is 5.94. The topological polar surface area (TPSA) is 60.0 Å². The van der Waals surface area contributed by atoms with Crippen molar-refractivity contribution in [2.75, 3.05) is 40.0 Å². The lowest BCUT2D eigenvalue weighted by Crippen LogP contribution is -2.52. The highest BCUT2D eigenvalue weighted by Gasteiger charge is 2.38. The number of unbranched alkanes of at least 4 members (excludes halogenated alkanes) is 1. The molecule has 2 aromatic carbocycles. The summed E-state index contributed by atoms with van der Waals surface area (Å²) < 4.78 is 17.5. The number of hydrogen-bond donors (Lipinski definition) is 1. The van der Waals surface area contributed by atoms with Gasteiger partial charge in [0.25, 0.3) is 5.91 Å². The zero-order valence-electron chi connectivity index (χ0n) is 17.1. The highest BCUT2D eigenvalue weighted by atomic mass is 35.5. The Morgan fingerprint density at radius 2 is 2.07 bits per heavy atom. The van der Waals surface area contributed by atoms with E-state index >= 15 is 0 Å². The first-order valence-electron chi connectivity index (χ1n) is 10.4. The minimum Gasteiger partial charge on any atom is -0.497 e. The summed E-state index contributed by atoms with van der Waals surface area (Å²) >= 11 is 5.87. The van der Waals surface area contributed by atoms with Gasteiger partial charge in [-0.2, -0.15) is 0 Å². The Kier molecular flexibility index (Phi) is 6.77. The van der Waals surface area contributed by atoms with E-state index in [1.54, 1.807) is 31.4 Å². The summed E-state index contributed by atoms with van der Waals surface area (Å²) in [6.45, 7) is 3.81. The van der Waals surface area contributed by atoms with Crippen LogP contribution in [0.15, 0.2) is 42.5 Å². The van der Waals surface area contributed by atoms with Crippen LogP contribution in [-0.2, 0) is 4.74 Å². The summed E-state index contributed by atoms with van der Waals surface area (Å²) in [6.07, 6.45) is 1.91. The van der Waals surface area contributed by atoms with E-state index in [4.69, 9.17) is 25.8 Å². The monoisotopic (exact) mass is 430 g/mol. The van der Waals surface area contributed by atoms with E-state index in [2.05, 4.69) is 10.2 Å². The molecular weight excluding hydrogens is 404 g/mol. The first-order chi connectivity index (χ1) is 14.7. The van der Waals surface area contributed by atoms with Gasteiger partial charge in [0.05, 0.1) is 19.8 Å². The van der Waals surface area contributed by atoms with Gasteiger partial charge in [0.1, 0.15) is 24.2 Å².